The van der Waals surface area contributed by atoms with Crippen molar-refractivity contribution >= 4 is 5.91 Å². The number of nitrogens with zero attached hydrogens (tertiary/aromatic N) is 1. The van der Waals surface area contributed by atoms with Gasteiger partial charge in [0.25, 0.3) is 0 Å². The summed E-state index contributed by atoms with van der Waals surface area (Å²) in [6.45, 7) is 8.38. The molecule has 19 heavy (non-hydrogen) atoms. The fourth-order valence-corrected chi connectivity index (χ4v) is 3.45. The number of carbonyl (C=O) groups excluding carboxylic acids is 1. The molecule has 0 bridgehead atoms. The van der Waals surface area contributed by atoms with E-state index < -0.39 is 0 Å². The summed E-state index contributed by atoms with van der Waals surface area (Å²) in [4.78, 5) is 15.3. The summed E-state index contributed by atoms with van der Waals surface area (Å²) in [5.74, 6) is 1.26. The van der Waals surface area contributed by atoms with Crippen LogP contribution in [0.5, 0.6) is 0 Å². The third-order valence-corrected chi connectivity index (χ3v) is 4.70. The van der Waals surface area contributed by atoms with Gasteiger partial charge in [-0.1, -0.05) is 20.3 Å². The van der Waals surface area contributed by atoms with Crippen LogP contribution in [0.25, 0.3) is 0 Å². The topological polar surface area (TPSA) is 32.3 Å². The third-order valence-electron chi connectivity index (χ3n) is 4.70. The zero-order valence-corrected chi connectivity index (χ0v) is 12.7. The van der Waals surface area contributed by atoms with Gasteiger partial charge in [0.1, 0.15) is 0 Å². The van der Waals surface area contributed by atoms with E-state index >= 15 is 0 Å². The van der Waals surface area contributed by atoms with Gasteiger partial charge in [0.2, 0.25) is 5.91 Å². The van der Waals surface area contributed by atoms with Gasteiger partial charge in [-0.05, 0) is 57.5 Å². The summed E-state index contributed by atoms with van der Waals surface area (Å²) in [5, 5.41) is 3.41. The van der Waals surface area contributed by atoms with Gasteiger partial charge in [0.15, 0.2) is 0 Å². The molecule has 1 saturated heterocycles. The lowest BCUT2D eigenvalue weighted by atomic mass is 9.74. The second-order valence-electron chi connectivity index (χ2n) is 6.47. The molecule has 2 rings (SSSR count). The predicted molar refractivity (Wildman–Crippen MR) is 79.0 cm³/mol. The monoisotopic (exact) mass is 266 g/mol. The summed E-state index contributed by atoms with van der Waals surface area (Å²) < 4.78 is 0. The number of hydrogen-bond donors (Lipinski definition) is 1. The van der Waals surface area contributed by atoms with Crippen LogP contribution >= 0.6 is 0 Å². The second-order valence-corrected chi connectivity index (χ2v) is 6.47. The van der Waals surface area contributed by atoms with Crippen molar-refractivity contribution < 1.29 is 4.79 Å². The largest absolute Gasteiger partial charge is 0.342 e. The van der Waals surface area contributed by atoms with Gasteiger partial charge in [-0.25, -0.2) is 0 Å². The Labute approximate surface area is 118 Å². The van der Waals surface area contributed by atoms with Crippen molar-refractivity contribution in [3.8, 4) is 0 Å². The summed E-state index contributed by atoms with van der Waals surface area (Å²) in [6, 6.07) is 0. The molecule has 0 aromatic rings. The Balaban J connectivity index is 2.05. The Morgan fingerprint density at radius 3 is 2.42 bits per heavy atom. The molecular weight excluding hydrogens is 236 g/mol. The normalized spacial score (nSPS) is 22.2. The van der Waals surface area contributed by atoms with E-state index in [2.05, 4.69) is 24.1 Å². The van der Waals surface area contributed by atoms with Crippen LogP contribution in [-0.2, 0) is 4.79 Å². The van der Waals surface area contributed by atoms with Gasteiger partial charge in [-0.15, -0.1) is 0 Å². The summed E-state index contributed by atoms with van der Waals surface area (Å²) in [5.41, 5.74) is -0.0515. The number of piperidine rings is 1. The first-order chi connectivity index (χ1) is 9.22. The van der Waals surface area contributed by atoms with Crippen LogP contribution in [0.3, 0.4) is 0 Å². The van der Waals surface area contributed by atoms with Crippen molar-refractivity contribution in [1.29, 1.82) is 0 Å². The minimum atomic E-state index is -0.0515. The molecule has 0 spiro atoms. The van der Waals surface area contributed by atoms with Gasteiger partial charge in [-0.2, -0.15) is 0 Å². The maximum atomic E-state index is 13.1. The van der Waals surface area contributed by atoms with E-state index in [0.29, 0.717) is 5.91 Å². The average molecular weight is 266 g/mol. The molecule has 1 aliphatic heterocycles. The first kappa shape index (κ1) is 14.8. The molecule has 110 valence electrons. The molecule has 1 heterocycles. The van der Waals surface area contributed by atoms with E-state index in [1.54, 1.807) is 0 Å². The van der Waals surface area contributed by atoms with Crippen LogP contribution in [0, 0.1) is 11.3 Å². The van der Waals surface area contributed by atoms with E-state index in [9.17, 15) is 4.79 Å². The van der Waals surface area contributed by atoms with E-state index in [1.165, 1.54) is 12.8 Å². The molecule has 0 radical (unpaired) electrons. The molecule has 0 aromatic heterocycles. The summed E-state index contributed by atoms with van der Waals surface area (Å²) in [7, 11) is 0. The van der Waals surface area contributed by atoms with Crippen molar-refractivity contribution in [3.05, 3.63) is 0 Å². The Kier molecular flexibility index (Phi) is 5.26. The molecule has 2 aliphatic rings. The second kappa shape index (κ2) is 6.74. The van der Waals surface area contributed by atoms with Gasteiger partial charge in [0, 0.05) is 13.1 Å². The molecule has 0 unspecified atom stereocenters. The zero-order valence-electron chi connectivity index (χ0n) is 12.7. The molecule has 1 N–H and O–H groups in total. The Morgan fingerprint density at radius 1 is 1.21 bits per heavy atom. The number of nitrogens with one attached hydrogen (secondary N) is 1. The molecule has 1 amide bonds. The lowest BCUT2D eigenvalue weighted by molar-refractivity contribution is -0.144. The smallest absolute Gasteiger partial charge is 0.228 e. The van der Waals surface area contributed by atoms with E-state index in [1.807, 2.05) is 0 Å². The van der Waals surface area contributed by atoms with Crippen molar-refractivity contribution in [2.45, 2.75) is 58.8 Å². The first-order valence-corrected chi connectivity index (χ1v) is 8.22. The van der Waals surface area contributed by atoms with Crippen molar-refractivity contribution in [2.24, 2.45) is 11.3 Å². The standard InChI is InChI=1S/C16H30N2O/c1-3-7-16(8-10-17-11-9-16)15(19)18(12-4-2)13-14-5-6-14/h14,17H,3-13H2,1-2H3. The van der Waals surface area contributed by atoms with Crippen LogP contribution in [0.4, 0.5) is 0 Å². The third kappa shape index (κ3) is 3.71. The fraction of sp³-hybridized carbons (Fsp3) is 0.938. The molecule has 0 aromatic carbocycles. The first-order valence-electron chi connectivity index (χ1n) is 8.22. The molecule has 3 nitrogen and oxygen atoms in total. The minimum Gasteiger partial charge on any atom is -0.342 e. The van der Waals surface area contributed by atoms with Gasteiger partial charge in [-0.3, -0.25) is 4.79 Å². The average Bonchev–Trinajstić information content (AvgIpc) is 3.23. The number of amides is 1. The zero-order chi connectivity index (χ0) is 13.7. The van der Waals surface area contributed by atoms with Crippen molar-refractivity contribution in [2.75, 3.05) is 26.2 Å². The highest BCUT2D eigenvalue weighted by atomic mass is 16.2. The van der Waals surface area contributed by atoms with Crippen LogP contribution in [0.15, 0.2) is 0 Å². The van der Waals surface area contributed by atoms with E-state index in [-0.39, 0.29) is 5.41 Å². The molecule has 3 heteroatoms. The van der Waals surface area contributed by atoms with Crippen LogP contribution in [-0.4, -0.2) is 37.0 Å². The Bertz CT molecular complexity index is 288. The maximum absolute atomic E-state index is 13.1. The van der Waals surface area contributed by atoms with Crippen LogP contribution in [0.1, 0.15) is 58.8 Å². The number of carbonyl (C=O) groups is 1. The molecule has 0 atom stereocenters. The van der Waals surface area contributed by atoms with Gasteiger partial charge in [0.05, 0.1) is 5.41 Å². The Hall–Kier alpha value is -0.570. The van der Waals surface area contributed by atoms with Crippen LogP contribution < -0.4 is 5.32 Å². The summed E-state index contributed by atoms with van der Waals surface area (Å²) in [6.07, 6.45) is 7.99. The van der Waals surface area contributed by atoms with E-state index in [0.717, 1.165) is 64.2 Å². The number of hydrogen-bond acceptors (Lipinski definition) is 2. The lowest BCUT2D eigenvalue weighted by Gasteiger charge is -2.40. The molecular formula is C16H30N2O. The number of rotatable bonds is 7. The fourth-order valence-electron chi connectivity index (χ4n) is 3.45. The molecule has 2 fully saturated rings. The van der Waals surface area contributed by atoms with Crippen LogP contribution in [0.2, 0.25) is 0 Å². The minimum absolute atomic E-state index is 0.0515. The highest BCUT2D eigenvalue weighted by Gasteiger charge is 2.41. The maximum Gasteiger partial charge on any atom is 0.228 e. The van der Waals surface area contributed by atoms with Crippen molar-refractivity contribution in [3.63, 3.8) is 0 Å². The Morgan fingerprint density at radius 2 is 1.89 bits per heavy atom. The highest BCUT2D eigenvalue weighted by molar-refractivity contribution is 5.83. The van der Waals surface area contributed by atoms with Gasteiger partial charge >= 0.3 is 0 Å². The van der Waals surface area contributed by atoms with E-state index in [4.69, 9.17) is 0 Å². The summed E-state index contributed by atoms with van der Waals surface area (Å²) >= 11 is 0. The highest BCUT2D eigenvalue weighted by Crippen LogP contribution is 2.38. The SMILES string of the molecule is CCCN(CC1CC1)C(=O)C1(CCC)CCNCC1. The predicted octanol–water partition coefficient (Wildman–Crippen LogP) is 2.80. The van der Waals surface area contributed by atoms with Gasteiger partial charge < -0.3 is 10.2 Å². The molecule has 1 aliphatic carbocycles. The lowest BCUT2D eigenvalue weighted by Crippen LogP contribution is -2.50. The molecule has 1 saturated carbocycles. The quantitative estimate of drug-likeness (QED) is 0.768. The van der Waals surface area contributed by atoms with Crippen molar-refractivity contribution in [1.82, 2.24) is 10.2 Å².